The zero-order valence-corrected chi connectivity index (χ0v) is 18.1. The Balaban J connectivity index is 1.39. The van der Waals surface area contributed by atoms with Gasteiger partial charge in [0.2, 0.25) is 11.8 Å². The van der Waals surface area contributed by atoms with Crippen molar-refractivity contribution in [2.75, 3.05) is 0 Å². The van der Waals surface area contributed by atoms with Crippen LogP contribution in [-0.2, 0) is 0 Å². The lowest BCUT2D eigenvalue weighted by Gasteiger charge is -2.04. The Morgan fingerprint density at radius 3 is 1.23 bits per heavy atom. The highest BCUT2D eigenvalue weighted by molar-refractivity contribution is 5.76. The van der Waals surface area contributed by atoms with Crippen LogP contribution in [0.5, 0.6) is 0 Å². The van der Waals surface area contributed by atoms with Gasteiger partial charge in [-0.2, -0.15) is 0 Å². The number of aromatic nitrogens is 2. The van der Waals surface area contributed by atoms with Gasteiger partial charge in [-0.05, 0) is 47.5 Å². The summed E-state index contributed by atoms with van der Waals surface area (Å²) < 4.78 is 5.83. The largest absolute Gasteiger partial charge is 0.416 e. The molecule has 0 unspecified atom stereocenters. The quantitative estimate of drug-likeness (QED) is 0.206. The Kier molecular flexibility index (Phi) is 5.56. The Labute approximate surface area is 198 Å². The second kappa shape index (κ2) is 8.99. The maximum atomic E-state index is 11.3. The van der Waals surface area contributed by atoms with Crippen LogP contribution >= 0.6 is 0 Å². The zero-order valence-electron chi connectivity index (χ0n) is 18.1. The van der Waals surface area contributed by atoms with Crippen molar-refractivity contribution < 1.29 is 14.3 Å². The van der Waals surface area contributed by atoms with E-state index in [1.165, 1.54) is 12.1 Å². The molecule has 0 aliphatic heterocycles. The maximum absolute atomic E-state index is 11.3. The van der Waals surface area contributed by atoms with E-state index in [0.29, 0.717) is 45.2 Å². The smallest absolute Gasteiger partial charge is 0.277 e. The standard InChI is InChI=1S/C26H16N4O5/c31-29(32)23-7-3-1-5-21(23)17-9-13-19(14-10-17)25-27-28-26(35-25)20-15-11-18(12-16-20)22-6-2-4-8-24(22)30(33)34/h1-16H. The summed E-state index contributed by atoms with van der Waals surface area (Å²) in [6.45, 7) is 0. The predicted octanol–water partition coefficient (Wildman–Crippen LogP) is 6.55. The van der Waals surface area contributed by atoms with Crippen molar-refractivity contribution in [3.63, 3.8) is 0 Å². The molecule has 0 spiro atoms. The minimum absolute atomic E-state index is 0.0320. The monoisotopic (exact) mass is 464 g/mol. The van der Waals surface area contributed by atoms with Gasteiger partial charge in [0.15, 0.2) is 0 Å². The zero-order chi connectivity index (χ0) is 24.4. The Morgan fingerprint density at radius 2 is 0.857 bits per heavy atom. The summed E-state index contributed by atoms with van der Waals surface area (Å²) in [6.07, 6.45) is 0. The molecule has 170 valence electrons. The molecule has 1 aromatic heterocycles. The summed E-state index contributed by atoms with van der Waals surface area (Å²) >= 11 is 0. The molecule has 0 saturated carbocycles. The normalized spacial score (nSPS) is 10.7. The third-order valence-corrected chi connectivity index (χ3v) is 5.51. The van der Waals surface area contributed by atoms with E-state index < -0.39 is 9.85 Å². The summed E-state index contributed by atoms with van der Waals surface area (Å²) in [7, 11) is 0. The van der Waals surface area contributed by atoms with Crippen molar-refractivity contribution in [3.05, 3.63) is 117 Å². The SMILES string of the molecule is O=[N+]([O-])c1ccccc1-c1ccc(-c2nnc(-c3ccc(-c4ccccc4[N+](=O)[O-])cc3)o2)cc1. The van der Waals surface area contributed by atoms with Crippen LogP contribution in [-0.4, -0.2) is 20.0 Å². The highest BCUT2D eigenvalue weighted by Gasteiger charge is 2.17. The lowest BCUT2D eigenvalue weighted by atomic mass is 10.0. The predicted molar refractivity (Wildman–Crippen MR) is 129 cm³/mol. The van der Waals surface area contributed by atoms with Gasteiger partial charge in [0.25, 0.3) is 11.4 Å². The van der Waals surface area contributed by atoms with Gasteiger partial charge < -0.3 is 4.42 Å². The second-order valence-electron chi connectivity index (χ2n) is 7.62. The average molecular weight is 464 g/mol. The van der Waals surface area contributed by atoms with Gasteiger partial charge in [-0.15, -0.1) is 10.2 Å². The number of nitrogens with zero attached hydrogens (tertiary/aromatic N) is 4. The number of rotatable bonds is 6. The topological polar surface area (TPSA) is 125 Å². The van der Waals surface area contributed by atoms with E-state index in [-0.39, 0.29) is 11.4 Å². The Bertz CT molecular complexity index is 1430. The summed E-state index contributed by atoms with van der Waals surface area (Å²) in [4.78, 5) is 21.8. The molecular formula is C26H16N4O5. The molecule has 1 heterocycles. The molecule has 5 aromatic rings. The molecule has 9 heteroatoms. The van der Waals surface area contributed by atoms with Crippen molar-refractivity contribution in [1.82, 2.24) is 10.2 Å². The number of hydrogen-bond acceptors (Lipinski definition) is 7. The summed E-state index contributed by atoms with van der Waals surface area (Å²) in [6, 6.07) is 27.2. The van der Waals surface area contributed by atoms with Gasteiger partial charge >= 0.3 is 0 Å². The maximum Gasteiger partial charge on any atom is 0.277 e. The van der Waals surface area contributed by atoms with Crippen LogP contribution in [0.2, 0.25) is 0 Å². The summed E-state index contributed by atoms with van der Waals surface area (Å²) in [5.74, 6) is 0.605. The first-order chi connectivity index (χ1) is 17.0. The van der Waals surface area contributed by atoms with Crippen LogP contribution in [0.15, 0.2) is 101 Å². The first kappa shape index (κ1) is 21.7. The fourth-order valence-corrected chi connectivity index (χ4v) is 3.80. The van der Waals surface area contributed by atoms with E-state index in [9.17, 15) is 20.2 Å². The lowest BCUT2D eigenvalue weighted by Crippen LogP contribution is -1.91. The Morgan fingerprint density at radius 1 is 0.514 bits per heavy atom. The van der Waals surface area contributed by atoms with Crippen molar-refractivity contribution in [2.45, 2.75) is 0 Å². The average Bonchev–Trinajstić information content (AvgIpc) is 3.39. The van der Waals surface area contributed by atoms with E-state index in [1.54, 1.807) is 84.9 Å². The van der Waals surface area contributed by atoms with Crippen LogP contribution in [0.25, 0.3) is 45.2 Å². The number of benzene rings is 4. The Hall–Kier alpha value is -5.18. The van der Waals surface area contributed by atoms with Gasteiger partial charge in [-0.3, -0.25) is 20.2 Å². The van der Waals surface area contributed by atoms with E-state index in [0.717, 1.165) is 0 Å². The van der Waals surface area contributed by atoms with Gasteiger partial charge in [0, 0.05) is 23.3 Å². The van der Waals surface area contributed by atoms with Crippen LogP contribution in [0.1, 0.15) is 0 Å². The van der Waals surface area contributed by atoms with E-state index in [1.807, 2.05) is 0 Å². The molecule has 0 aliphatic rings. The van der Waals surface area contributed by atoms with E-state index in [2.05, 4.69) is 10.2 Å². The van der Waals surface area contributed by atoms with Gasteiger partial charge in [-0.1, -0.05) is 48.5 Å². The molecule has 0 saturated heterocycles. The summed E-state index contributed by atoms with van der Waals surface area (Å²) in [5.41, 5.74) is 3.85. The van der Waals surface area contributed by atoms with E-state index in [4.69, 9.17) is 4.42 Å². The van der Waals surface area contributed by atoms with E-state index >= 15 is 0 Å². The lowest BCUT2D eigenvalue weighted by molar-refractivity contribution is -0.384. The molecule has 35 heavy (non-hydrogen) atoms. The highest BCUT2D eigenvalue weighted by Crippen LogP contribution is 2.33. The van der Waals surface area contributed by atoms with Crippen LogP contribution in [0.3, 0.4) is 0 Å². The first-order valence-corrected chi connectivity index (χ1v) is 10.5. The third-order valence-electron chi connectivity index (χ3n) is 5.51. The number of para-hydroxylation sites is 2. The fraction of sp³-hybridized carbons (Fsp3) is 0. The van der Waals surface area contributed by atoms with Crippen molar-refractivity contribution >= 4 is 11.4 Å². The van der Waals surface area contributed by atoms with Crippen molar-refractivity contribution in [3.8, 4) is 45.2 Å². The molecule has 4 aromatic carbocycles. The molecule has 0 N–H and O–H groups in total. The summed E-state index contributed by atoms with van der Waals surface area (Å²) in [5, 5.41) is 30.9. The highest BCUT2D eigenvalue weighted by atomic mass is 16.6. The minimum Gasteiger partial charge on any atom is -0.416 e. The number of nitro benzene ring substituents is 2. The fourth-order valence-electron chi connectivity index (χ4n) is 3.80. The number of hydrogen-bond donors (Lipinski definition) is 0. The molecular weight excluding hydrogens is 448 g/mol. The van der Waals surface area contributed by atoms with Crippen LogP contribution in [0, 0.1) is 20.2 Å². The molecule has 0 aliphatic carbocycles. The van der Waals surface area contributed by atoms with Gasteiger partial charge in [0.05, 0.1) is 21.0 Å². The van der Waals surface area contributed by atoms with Gasteiger partial charge in [-0.25, -0.2) is 0 Å². The molecule has 9 nitrogen and oxygen atoms in total. The third kappa shape index (κ3) is 4.25. The molecule has 0 atom stereocenters. The first-order valence-electron chi connectivity index (χ1n) is 10.5. The molecule has 0 bridgehead atoms. The minimum atomic E-state index is -0.408. The van der Waals surface area contributed by atoms with Crippen molar-refractivity contribution in [2.24, 2.45) is 0 Å². The van der Waals surface area contributed by atoms with Gasteiger partial charge in [0.1, 0.15) is 0 Å². The second-order valence-corrected chi connectivity index (χ2v) is 7.62. The molecule has 5 rings (SSSR count). The number of nitro groups is 2. The molecule has 0 fully saturated rings. The van der Waals surface area contributed by atoms with Crippen molar-refractivity contribution in [1.29, 1.82) is 0 Å². The molecule has 0 amide bonds. The van der Waals surface area contributed by atoms with Crippen LogP contribution in [0.4, 0.5) is 11.4 Å². The molecule has 0 radical (unpaired) electrons. The van der Waals surface area contributed by atoms with Crippen LogP contribution < -0.4 is 0 Å².